The van der Waals surface area contributed by atoms with Crippen LogP contribution in [-0.4, -0.2) is 73.9 Å². The van der Waals surface area contributed by atoms with Gasteiger partial charge < -0.3 is 29.8 Å². The van der Waals surface area contributed by atoms with Gasteiger partial charge in [-0.15, -0.1) is 0 Å². The van der Waals surface area contributed by atoms with E-state index >= 15 is 0 Å². The molecule has 7 rings (SSSR count). The zero-order chi connectivity index (χ0) is 38.2. The third-order valence-corrected chi connectivity index (χ3v) is 11.6. The van der Waals surface area contributed by atoms with Gasteiger partial charge in [0.15, 0.2) is 0 Å². The first-order valence-corrected chi connectivity index (χ1v) is 19.5. The van der Waals surface area contributed by atoms with Crippen molar-refractivity contribution >= 4 is 28.9 Å². The Kier molecular flexibility index (Phi) is 10.3. The van der Waals surface area contributed by atoms with E-state index in [0.717, 1.165) is 90.1 Å². The summed E-state index contributed by atoms with van der Waals surface area (Å²) < 4.78 is 4.84. The van der Waals surface area contributed by atoms with E-state index in [1.54, 1.807) is 0 Å². The number of aromatic nitrogens is 4. The maximum Gasteiger partial charge on any atom is 0.407 e. The van der Waals surface area contributed by atoms with Crippen molar-refractivity contribution in [2.24, 2.45) is 22.7 Å². The van der Waals surface area contributed by atoms with Crippen LogP contribution in [0.3, 0.4) is 0 Å². The molecule has 1 spiro atoms. The summed E-state index contributed by atoms with van der Waals surface area (Å²) in [7, 11) is 1.32. The molecule has 3 fully saturated rings. The topological polar surface area (TPSA) is 136 Å². The number of H-pyrrole nitrogens is 2. The van der Waals surface area contributed by atoms with Crippen molar-refractivity contribution in [2.75, 3.05) is 20.2 Å². The van der Waals surface area contributed by atoms with E-state index in [2.05, 4.69) is 47.9 Å². The highest BCUT2D eigenvalue weighted by Crippen LogP contribution is 2.58. The zero-order valence-corrected chi connectivity index (χ0v) is 32.4. The first-order chi connectivity index (χ1) is 25.9. The number of carbonyl (C=O) groups excluding carboxylic acids is 3. The summed E-state index contributed by atoms with van der Waals surface area (Å²) in [5.74, 6) is 8.50. The van der Waals surface area contributed by atoms with Crippen molar-refractivity contribution < 1.29 is 19.1 Å². The van der Waals surface area contributed by atoms with Crippen LogP contribution in [0.1, 0.15) is 108 Å². The van der Waals surface area contributed by atoms with Crippen LogP contribution < -0.4 is 5.32 Å². The average molecular weight is 732 g/mol. The fourth-order valence-corrected chi connectivity index (χ4v) is 7.59. The van der Waals surface area contributed by atoms with Crippen LogP contribution in [0.5, 0.6) is 0 Å². The lowest BCUT2D eigenvalue weighted by Gasteiger charge is -2.31. The lowest BCUT2D eigenvalue weighted by atomic mass is 9.97. The number of fused-ring (bicyclic) bond motifs is 1. The number of likely N-dealkylation sites (tertiary alicyclic amines) is 1. The lowest BCUT2D eigenvalue weighted by Crippen LogP contribution is -2.51. The van der Waals surface area contributed by atoms with Crippen molar-refractivity contribution in [3.05, 3.63) is 71.4 Å². The number of benzene rings is 2. The van der Waals surface area contributed by atoms with Crippen LogP contribution in [0, 0.1) is 34.5 Å². The molecule has 3 aliphatic rings. The van der Waals surface area contributed by atoms with Gasteiger partial charge in [0.2, 0.25) is 11.8 Å². The van der Waals surface area contributed by atoms with Gasteiger partial charge >= 0.3 is 6.09 Å². The quantitative estimate of drug-likeness (QED) is 0.130. The van der Waals surface area contributed by atoms with E-state index in [-0.39, 0.29) is 34.6 Å². The minimum Gasteiger partial charge on any atom is -0.453 e. The second kappa shape index (κ2) is 15.0. The first-order valence-electron chi connectivity index (χ1n) is 19.5. The standard InChI is InChI=1S/C43H53N7O4/c1-7-28(4)38(48-41(53)54-6)40(52)50-26-43(18-19-43)22-35(50)39-44-23-34(47-39)31-13-10-29(11-14-31)8-9-30-12-15-32-33(21-30)46-36(45-32)24-49(25-42(5)16-17-42)37(51)20-27(2)3/h10-15,21,23,27-28,35,38H,7,16-20,22,24-26H2,1-6H3,(H,44,47)(H,45,46)(H,48,53). The Labute approximate surface area is 318 Å². The van der Waals surface area contributed by atoms with Gasteiger partial charge in [0.25, 0.3) is 0 Å². The Morgan fingerprint density at radius 2 is 1.76 bits per heavy atom. The van der Waals surface area contributed by atoms with Crippen LogP contribution in [-0.2, 0) is 20.9 Å². The molecule has 2 saturated carbocycles. The number of amides is 3. The Balaban J connectivity index is 1.03. The molecule has 1 aliphatic heterocycles. The monoisotopic (exact) mass is 731 g/mol. The summed E-state index contributed by atoms with van der Waals surface area (Å²) in [4.78, 5) is 59.6. The van der Waals surface area contributed by atoms with Gasteiger partial charge in [-0.1, -0.05) is 65.0 Å². The average Bonchev–Trinajstić information content (AvgIpc) is 3.86. The van der Waals surface area contributed by atoms with Gasteiger partial charge in [-0.25, -0.2) is 14.8 Å². The number of nitrogens with zero attached hydrogens (tertiary/aromatic N) is 4. The van der Waals surface area contributed by atoms with Crippen molar-refractivity contribution in [1.29, 1.82) is 0 Å². The summed E-state index contributed by atoms with van der Waals surface area (Å²) >= 11 is 0. The maximum atomic E-state index is 14.0. The SMILES string of the molecule is CCC(C)C(NC(=O)OC)C(=O)N1CC2(CC2)CC1c1ncc(-c2ccc(C#Cc3ccc4nc(CN(CC5(C)CC5)C(=O)CC(C)C)[nH]c4c3)cc2)[nH]1. The van der Waals surface area contributed by atoms with Crippen LogP contribution in [0.4, 0.5) is 4.79 Å². The van der Waals surface area contributed by atoms with Gasteiger partial charge in [0, 0.05) is 30.6 Å². The predicted molar refractivity (Wildman–Crippen MR) is 208 cm³/mol. The highest BCUT2D eigenvalue weighted by molar-refractivity contribution is 5.86. The number of nitrogens with one attached hydrogen (secondary N) is 3. The van der Waals surface area contributed by atoms with E-state index in [1.165, 1.54) is 7.11 Å². The zero-order valence-electron chi connectivity index (χ0n) is 32.4. The molecular weight excluding hydrogens is 679 g/mol. The second-order valence-electron chi connectivity index (χ2n) is 16.8. The molecule has 11 heteroatoms. The number of hydrogen-bond donors (Lipinski definition) is 3. The van der Waals surface area contributed by atoms with Gasteiger partial charge in [-0.3, -0.25) is 9.59 Å². The molecule has 2 aliphatic carbocycles. The Morgan fingerprint density at radius 3 is 2.43 bits per heavy atom. The highest BCUT2D eigenvalue weighted by atomic mass is 16.5. The summed E-state index contributed by atoms with van der Waals surface area (Å²) in [6, 6.07) is 13.2. The van der Waals surface area contributed by atoms with Gasteiger partial charge in [0.05, 0.1) is 42.6 Å². The number of carbonyl (C=O) groups is 3. The van der Waals surface area contributed by atoms with Crippen molar-refractivity contribution in [1.82, 2.24) is 35.1 Å². The molecule has 3 atom stereocenters. The molecule has 2 aromatic carbocycles. The van der Waals surface area contributed by atoms with Crippen molar-refractivity contribution in [3.8, 4) is 23.1 Å². The van der Waals surface area contributed by atoms with Crippen molar-refractivity contribution in [2.45, 2.75) is 98.2 Å². The third-order valence-electron chi connectivity index (χ3n) is 11.6. The van der Waals surface area contributed by atoms with E-state index in [9.17, 15) is 14.4 Å². The fraction of sp³-hybridized carbons (Fsp3) is 0.512. The molecule has 54 heavy (non-hydrogen) atoms. The number of ether oxygens (including phenoxy) is 1. The molecular formula is C43H53N7O4. The Bertz CT molecular complexity index is 2080. The minimum absolute atomic E-state index is 0.0444. The number of aromatic amines is 2. The van der Waals surface area contributed by atoms with E-state index < -0.39 is 12.1 Å². The number of hydrogen-bond acceptors (Lipinski definition) is 6. The number of alkyl carbamates (subject to hydrolysis) is 1. The molecule has 3 N–H and O–H groups in total. The largest absolute Gasteiger partial charge is 0.453 e. The summed E-state index contributed by atoms with van der Waals surface area (Å²) in [6.45, 7) is 12.3. The molecule has 0 bridgehead atoms. The summed E-state index contributed by atoms with van der Waals surface area (Å²) in [5, 5.41) is 2.79. The fourth-order valence-electron chi connectivity index (χ4n) is 7.59. The van der Waals surface area contributed by atoms with Crippen LogP contribution in [0.25, 0.3) is 22.3 Å². The molecule has 11 nitrogen and oxygen atoms in total. The number of imidazole rings is 2. The number of rotatable bonds is 12. The smallest absolute Gasteiger partial charge is 0.407 e. The molecule has 2 aromatic heterocycles. The summed E-state index contributed by atoms with van der Waals surface area (Å²) in [5.41, 5.74) is 5.73. The van der Waals surface area contributed by atoms with Crippen LogP contribution in [0.15, 0.2) is 48.7 Å². The Hall–Kier alpha value is -5.11. The first kappa shape index (κ1) is 37.2. The molecule has 3 unspecified atom stereocenters. The number of methoxy groups -OCH3 is 1. The lowest BCUT2D eigenvalue weighted by molar-refractivity contribution is -0.136. The van der Waals surface area contributed by atoms with E-state index in [1.807, 2.05) is 72.3 Å². The second-order valence-corrected chi connectivity index (χ2v) is 16.8. The van der Waals surface area contributed by atoms with Gasteiger partial charge in [-0.2, -0.15) is 0 Å². The normalized spacial score (nSPS) is 18.9. The molecule has 3 amide bonds. The molecule has 4 aromatic rings. The van der Waals surface area contributed by atoms with E-state index in [0.29, 0.717) is 25.4 Å². The molecule has 3 heterocycles. The summed E-state index contributed by atoms with van der Waals surface area (Å²) in [6.07, 6.45) is 7.89. The van der Waals surface area contributed by atoms with E-state index in [4.69, 9.17) is 14.7 Å². The van der Waals surface area contributed by atoms with Crippen LogP contribution in [0.2, 0.25) is 0 Å². The van der Waals surface area contributed by atoms with Crippen molar-refractivity contribution in [3.63, 3.8) is 0 Å². The third kappa shape index (κ3) is 8.33. The highest BCUT2D eigenvalue weighted by Gasteiger charge is 2.55. The molecule has 284 valence electrons. The van der Waals surface area contributed by atoms with Gasteiger partial charge in [-0.05, 0) is 90.7 Å². The van der Waals surface area contributed by atoms with Crippen LogP contribution >= 0.6 is 0 Å². The minimum atomic E-state index is -0.663. The molecule has 1 saturated heterocycles. The predicted octanol–water partition coefficient (Wildman–Crippen LogP) is 7.35. The molecule has 0 radical (unpaired) electrons. The Morgan fingerprint density at radius 1 is 1.04 bits per heavy atom. The van der Waals surface area contributed by atoms with Gasteiger partial charge in [0.1, 0.15) is 17.7 Å². The maximum absolute atomic E-state index is 14.0.